The SMILES string of the molecule is C.C=C/C=C(\C=C)CCCC. The summed E-state index contributed by atoms with van der Waals surface area (Å²) in [7, 11) is 0. The highest BCUT2D eigenvalue weighted by molar-refractivity contribution is 5.20. The van der Waals surface area contributed by atoms with Crippen LogP contribution >= 0.6 is 0 Å². The van der Waals surface area contributed by atoms with E-state index in [0.717, 1.165) is 6.42 Å². The zero-order chi connectivity index (χ0) is 7.82. The minimum Gasteiger partial charge on any atom is -0.0991 e. The Hall–Kier alpha value is -0.780. The summed E-state index contributed by atoms with van der Waals surface area (Å²) in [5.74, 6) is 0. The van der Waals surface area contributed by atoms with Crippen LogP contribution in [-0.4, -0.2) is 0 Å². The minimum atomic E-state index is 0. The summed E-state index contributed by atoms with van der Waals surface area (Å²) in [6, 6.07) is 0. The normalized spacial score (nSPS) is 10.1. The first-order valence-corrected chi connectivity index (χ1v) is 3.79. The van der Waals surface area contributed by atoms with Crippen LogP contribution in [0.4, 0.5) is 0 Å². The number of unbranched alkanes of at least 4 members (excludes halogenated alkanes) is 1. The maximum absolute atomic E-state index is 3.72. The third kappa shape index (κ3) is 7.11. The summed E-state index contributed by atoms with van der Waals surface area (Å²) in [6.45, 7) is 9.54. The summed E-state index contributed by atoms with van der Waals surface area (Å²) in [6.07, 6.45) is 9.34. The van der Waals surface area contributed by atoms with Crippen molar-refractivity contribution in [2.24, 2.45) is 0 Å². The van der Waals surface area contributed by atoms with E-state index in [4.69, 9.17) is 0 Å². The van der Waals surface area contributed by atoms with Gasteiger partial charge in [-0.1, -0.05) is 52.2 Å². The van der Waals surface area contributed by atoms with Crippen LogP contribution in [0, 0.1) is 0 Å². The fraction of sp³-hybridized carbons (Fsp3) is 0.455. The van der Waals surface area contributed by atoms with E-state index >= 15 is 0 Å². The third-order valence-corrected chi connectivity index (χ3v) is 1.41. The lowest BCUT2D eigenvalue weighted by molar-refractivity contribution is 0.798. The van der Waals surface area contributed by atoms with Gasteiger partial charge in [-0.15, -0.1) is 0 Å². The van der Waals surface area contributed by atoms with E-state index < -0.39 is 0 Å². The largest absolute Gasteiger partial charge is 0.0991 e. The van der Waals surface area contributed by atoms with Gasteiger partial charge in [0, 0.05) is 0 Å². The first-order chi connectivity index (χ1) is 4.85. The Balaban J connectivity index is 0. The van der Waals surface area contributed by atoms with Crippen LogP contribution in [0.2, 0.25) is 0 Å². The zero-order valence-corrected chi connectivity index (χ0v) is 6.77. The fourth-order valence-corrected chi connectivity index (χ4v) is 0.786. The van der Waals surface area contributed by atoms with Crippen molar-refractivity contribution in [2.75, 3.05) is 0 Å². The first-order valence-electron chi connectivity index (χ1n) is 3.79. The molecule has 0 heterocycles. The molecule has 0 aromatic carbocycles. The topological polar surface area (TPSA) is 0 Å². The van der Waals surface area contributed by atoms with Gasteiger partial charge in [-0.25, -0.2) is 0 Å². The standard InChI is InChI=1S/C10H16.CH4/c1-4-7-9-10(6-3)8-5-2;/h5-6,8H,2-4,7,9H2,1H3;1H4/b10-8+;. The maximum atomic E-state index is 3.72. The molecule has 0 saturated carbocycles. The Morgan fingerprint density at radius 2 is 2.00 bits per heavy atom. The molecule has 0 nitrogen and oxygen atoms in total. The predicted octanol–water partition coefficient (Wildman–Crippen LogP) is 4.11. The van der Waals surface area contributed by atoms with Gasteiger partial charge in [0.2, 0.25) is 0 Å². The number of rotatable bonds is 5. The second-order valence-corrected chi connectivity index (χ2v) is 2.28. The molecule has 0 fully saturated rings. The highest BCUT2D eigenvalue weighted by atomic mass is 13.9. The Morgan fingerprint density at radius 1 is 1.36 bits per heavy atom. The van der Waals surface area contributed by atoms with Gasteiger partial charge in [0.25, 0.3) is 0 Å². The lowest BCUT2D eigenvalue weighted by atomic mass is 10.1. The van der Waals surface area contributed by atoms with Gasteiger partial charge in [0.1, 0.15) is 0 Å². The zero-order valence-electron chi connectivity index (χ0n) is 6.77. The van der Waals surface area contributed by atoms with Crippen molar-refractivity contribution >= 4 is 0 Å². The molecule has 0 saturated heterocycles. The molecule has 0 aromatic rings. The van der Waals surface area contributed by atoms with Crippen molar-refractivity contribution in [1.82, 2.24) is 0 Å². The maximum Gasteiger partial charge on any atom is -0.0279 e. The van der Waals surface area contributed by atoms with E-state index in [1.165, 1.54) is 18.4 Å². The molecular formula is C11H20. The van der Waals surface area contributed by atoms with Crippen molar-refractivity contribution in [1.29, 1.82) is 0 Å². The van der Waals surface area contributed by atoms with E-state index in [-0.39, 0.29) is 7.43 Å². The van der Waals surface area contributed by atoms with Crippen LogP contribution in [0.15, 0.2) is 37.0 Å². The molecule has 0 aromatic heterocycles. The van der Waals surface area contributed by atoms with E-state index in [0.29, 0.717) is 0 Å². The summed E-state index contributed by atoms with van der Waals surface area (Å²) < 4.78 is 0. The molecule has 0 amide bonds. The van der Waals surface area contributed by atoms with Crippen LogP contribution in [-0.2, 0) is 0 Å². The van der Waals surface area contributed by atoms with Crippen molar-refractivity contribution in [3.63, 3.8) is 0 Å². The molecule has 0 spiro atoms. The molecule has 0 radical (unpaired) electrons. The Bertz CT molecular complexity index is 129. The molecule has 11 heavy (non-hydrogen) atoms. The molecule has 0 atom stereocenters. The average molecular weight is 152 g/mol. The van der Waals surface area contributed by atoms with Crippen LogP contribution in [0.5, 0.6) is 0 Å². The Labute approximate surface area is 71.3 Å². The lowest BCUT2D eigenvalue weighted by Gasteiger charge is -1.96. The summed E-state index contributed by atoms with van der Waals surface area (Å²) in [5, 5.41) is 0. The quantitative estimate of drug-likeness (QED) is 0.520. The predicted molar refractivity (Wildman–Crippen MR) is 54.7 cm³/mol. The summed E-state index contributed by atoms with van der Waals surface area (Å²) in [4.78, 5) is 0. The second-order valence-electron chi connectivity index (χ2n) is 2.28. The van der Waals surface area contributed by atoms with Crippen molar-refractivity contribution < 1.29 is 0 Å². The van der Waals surface area contributed by atoms with Gasteiger partial charge >= 0.3 is 0 Å². The molecule has 0 rings (SSSR count). The van der Waals surface area contributed by atoms with Gasteiger partial charge in [-0.2, -0.15) is 0 Å². The molecular weight excluding hydrogens is 132 g/mol. The molecule has 0 unspecified atom stereocenters. The van der Waals surface area contributed by atoms with Crippen LogP contribution in [0.1, 0.15) is 33.6 Å². The van der Waals surface area contributed by atoms with Gasteiger partial charge in [0.05, 0.1) is 0 Å². The van der Waals surface area contributed by atoms with Crippen molar-refractivity contribution in [2.45, 2.75) is 33.6 Å². The second kappa shape index (κ2) is 9.22. The van der Waals surface area contributed by atoms with E-state index in [9.17, 15) is 0 Å². The van der Waals surface area contributed by atoms with Gasteiger partial charge in [0.15, 0.2) is 0 Å². The molecule has 0 aliphatic carbocycles. The summed E-state index contributed by atoms with van der Waals surface area (Å²) in [5.41, 5.74) is 1.29. The van der Waals surface area contributed by atoms with E-state index in [1.807, 2.05) is 18.2 Å². The smallest absolute Gasteiger partial charge is 0.0279 e. The first kappa shape index (κ1) is 12.9. The number of allylic oxidation sites excluding steroid dienone is 4. The van der Waals surface area contributed by atoms with Crippen LogP contribution < -0.4 is 0 Å². The highest BCUT2D eigenvalue weighted by Crippen LogP contribution is 2.07. The molecule has 0 aliphatic rings. The summed E-state index contributed by atoms with van der Waals surface area (Å²) >= 11 is 0. The van der Waals surface area contributed by atoms with Crippen molar-refractivity contribution in [3.05, 3.63) is 37.0 Å². The molecule has 0 heteroatoms. The third-order valence-electron chi connectivity index (χ3n) is 1.41. The van der Waals surface area contributed by atoms with Gasteiger partial charge < -0.3 is 0 Å². The molecule has 0 N–H and O–H groups in total. The van der Waals surface area contributed by atoms with Gasteiger partial charge in [-0.05, 0) is 18.4 Å². The van der Waals surface area contributed by atoms with Crippen LogP contribution in [0.3, 0.4) is 0 Å². The minimum absolute atomic E-state index is 0. The Morgan fingerprint density at radius 3 is 2.36 bits per heavy atom. The monoisotopic (exact) mass is 152 g/mol. The van der Waals surface area contributed by atoms with Crippen molar-refractivity contribution in [3.8, 4) is 0 Å². The lowest BCUT2D eigenvalue weighted by Crippen LogP contribution is -1.76. The fourth-order valence-electron chi connectivity index (χ4n) is 0.786. The Kier molecular flexibility index (Phi) is 10.8. The van der Waals surface area contributed by atoms with E-state index in [1.54, 1.807) is 0 Å². The molecule has 64 valence electrons. The van der Waals surface area contributed by atoms with Gasteiger partial charge in [-0.3, -0.25) is 0 Å². The van der Waals surface area contributed by atoms with E-state index in [2.05, 4.69) is 20.1 Å². The molecule has 0 bridgehead atoms. The average Bonchev–Trinajstić information content (AvgIpc) is 1.98. The highest BCUT2D eigenvalue weighted by Gasteiger charge is 1.87. The molecule has 0 aliphatic heterocycles. The number of hydrogen-bond donors (Lipinski definition) is 0. The van der Waals surface area contributed by atoms with Crippen LogP contribution in [0.25, 0.3) is 0 Å². The number of hydrogen-bond acceptors (Lipinski definition) is 0.